The molecule has 0 aromatic rings. The van der Waals surface area contributed by atoms with Crippen molar-refractivity contribution < 1.29 is 4.79 Å². The molecule has 0 radical (unpaired) electrons. The van der Waals surface area contributed by atoms with Gasteiger partial charge in [-0.3, -0.25) is 9.69 Å². The first-order valence-corrected chi connectivity index (χ1v) is 8.59. The predicted octanol–water partition coefficient (Wildman–Crippen LogP) is 0.766. The molecule has 6 heteroatoms. The summed E-state index contributed by atoms with van der Waals surface area (Å²) in [6.07, 6.45) is 3.82. The highest BCUT2D eigenvalue weighted by Crippen LogP contribution is 2.20. The molecule has 0 spiro atoms. The summed E-state index contributed by atoms with van der Waals surface area (Å²) in [5.74, 6) is 0.861. The van der Waals surface area contributed by atoms with Crippen molar-refractivity contribution in [2.45, 2.75) is 32.2 Å². The van der Waals surface area contributed by atoms with Crippen LogP contribution < -0.4 is 5.32 Å². The van der Waals surface area contributed by atoms with E-state index in [1.165, 1.54) is 32.4 Å². The SMILES string of the molecule is C=C(C)CNC(=NCC(=O)N(C)C)N1CCC(N2CCCC2)C1. The van der Waals surface area contributed by atoms with Crippen molar-refractivity contribution in [1.29, 1.82) is 0 Å². The molecular formula is C17H31N5O. The van der Waals surface area contributed by atoms with Crippen molar-refractivity contribution in [2.75, 3.05) is 53.4 Å². The van der Waals surface area contributed by atoms with Gasteiger partial charge in [-0.2, -0.15) is 0 Å². The maximum absolute atomic E-state index is 11.8. The molecule has 1 N–H and O–H groups in total. The highest BCUT2D eigenvalue weighted by molar-refractivity contribution is 5.85. The van der Waals surface area contributed by atoms with Crippen molar-refractivity contribution in [2.24, 2.45) is 4.99 Å². The number of amides is 1. The number of hydrogen-bond donors (Lipinski definition) is 1. The standard InChI is InChI=1S/C17H31N5O/c1-14(2)11-18-17(19-12-16(23)20(3)4)22-10-7-15(13-22)21-8-5-6-9-21/h15H,1,5-13H2,2-4H3,(H,18,19). The van der Waals surface area contributed by atoms with Gasteiger partial charge < -0.3 is 15.1 Å². The lowest BCUT2D eigenvalue weighted by Crippen LogP contribution is -2.43. The van der Waals surface area contributed by atoms with Crippen LogP contribution in [0.2, 0.25) is 0 Å². The molecule has 1 amide bonds. The third-order valence-electron chi connectivity index (χ3n) is 4.53. The Morgan fingerprint density at radius 1 is 1.30 bits per heavy atom. The van der Waals surface area contributed by atoms with Crippen LogP contribution in [0, 0.1) is 0 Å². The van der Waals surface area contributed by atoms with E-state index in [-0.39, 0.29) is 12.5 Å². The van der Waals surface area contributed by atoms with Crippen LogP contribution in [0.25, 0.3) is 0 Å². The minimum Gasteiger partial charge on any atom is -0.353 e. The molecule has 0 aromatic carbocycles. The molecule has 2 heterocycles. The molecule has 2 aliphatic heterocycles. The van der Waals surface area contributed by atoms with Crippen LogP contribution in [0.5, 0.6) is 0 Å². The van der Waals surface area contributed by atoms with Crippen LogP contribution in [-0.2, 0) is 4.79 Å². The number of hydrogen-bond acceptors (Lipinski definition) is 3. The number of carbonyl (C=O) groups is 1. The van der Waals surface area contributed by atoms with Gasteiger partial charge in [0.05, 0.1) is 0 Å². The Balaban J connectivity index is 1.97. The highest BCUT2D eigenvalue weighted by atomic mass is 16.2. The number of aliphatic imine (C=N–C) groups is 1. The summed E-state index contributed by atoms with van der Waals surface area (Å²) in [5.41, 5.74) is 1.06. The Bertz CT molecular complexity index is 454. The molecule has 6 nitrogen and oxygen atoms in total. The third-order valence-corrected chi connectivity index (χ3v) is 4.53. The van der Waals surface area contributed by atoms with Gasteiger partial charge >= 0.3 is 0 Å². The van der Waals surface area contributed by atoms with Crippen LogP contribution in [0.15, 0.2) is 17.1 Å². The Morgan fingerprint density at radius 3 is 2.61 bits per heavy atom. The van der Waals surface area contributed by atoms with Gasteiger partial charge in [-0.05, 0) is 39.3 Å². The Labute approximate surface area is 140 Å². The van der Waals surface area contributed by atoms with Crippen molar-refractivity contribution in [3.05, 3.63) is 12.2 Å². The molecule has 130 valence electrons. The second-order valence-corrected chi connectivity index (χ2v) is 6.87. The van der Waals surface area contributed by atoms with Gasteiger partial charge in [0.2, 0.25) is 5.91 Å². The van der Waals surface area contributed by atoms with Crippen molar-refractivity contribution in [1.82, 2.24) is 20.0 Å². The van der Waals surface area contributed by atoms with E-state index in [0.29, 0.717) is 12.6 Å². The normalized spacial score (nSPS) is 22.5. The zero-order valence-corrected chi connectivity index (χ0v) is 14.8. The average Bonchev–Trinajstić information content (AvgIpc) is 3.17. The van der Waals surface area contributed by atoms with Gasteiger partial charge in [-0.15, -0.1) is 0 Å². The van der Waals surface area contributed by atoms with Crippen LogP contribution in [0.1, 0.15) is 26.2 Å². The lowest BCUT2D eigenvalue weighted by Gasteiger charge is -2.25. The molecule has 1 unspecified atom stereocenters. The summed E-state index contributed by atoms with van der Waals surface area (Å²) in [7, 11) is 3.52. The Kier molecular flexibility index (Phi) is 6.45. The topological polar surface area (TPSA) is 51.2 Å². The smallest absolute Gasteiger partial charge is 0.243 e. The molecule has 2 fully saturated rings. The lowest BCUT2D eigenvalue weighted by molar-refractivity contribution is -0.127. The molecule has 0 bridgehead atoms. The predicted molar refractivity (Wildman–Crippen MR) is 94.6 cm³/mol. The highest BCUT2D eigenvalue weighted by Gasteiger charge is 2.30. The molecule has 1 atom stereocenters. The number of nitrogens with one attached hydrogen (secondary N) is 1. The first-order chi connectivity index (χ1) is 11.0. The Morgan fingerprint density at radius 2 is 2.00 bits per heavy atom. The number of carbonyl (C=O) groups excluding carboxylic acids is 1. The summed E-state index contributed by atoms with van der Waals surface area (Å²) in [6.45, 7) is 11.3. The largest absolute Gasteiger partial charge is 0.353 e. The third kappa shape index (κ3) is 5.23. The molecule has 2 saturated heterocycles. The first-order valence-electron chi connectivity index (χ1n) is 8.59. The summed E-state index contributed by atoms with van der Waals surface area (Å²) in [6, 6.07) is 0.624. The van der Waals surface area contributed by atoms with Crippen LogP contribution in [0.4, 0.5) is 0 Å². The van der Waals surface area contributed by atoms with E-state index in [2.05, 4.69) is 26.7 Å². The zero-order valence-electron chi connectivity index (χ0n) is 14.8. The molecule has 0 aliphatic carbocycles. The average molecular weight is 321 g/mol. The minimum absolute atomic E-state index is 0.0231. The molecule has 0 aromatic heterocycles. The maximum Gasteiger partial charge on any atom is 0.243 e. The number of nitrogens with zero attached hydrogens (tertiary/aromatic N) is 4. The van der Waals surface area contributed by atoms with Crippen molar-refractivity contribution in [3.63, 3.8) is 0 Å². The minimum atomic E-state index is 0.0231. The van der Waals surface area contributed by atoms with Gasteiger partial charge in [0.25, 0.3) is 0 Å². The van der Waals surface area contributed by atoms with E-state index in [9.17, 15) is 4.79 Å². The zero-order chi connectivity index (χ0) is 16.8. The first kappa shape index (κ1) is 17.8. The fourth-order valence-electron chi connectivity index (χ4n) is 3.12. The number of rotatable bonds is 5. The Hall–Kier alpha value is -1.56. The van der Waals surface area contributed by atoms with E-state index in [4.69, 9.17) is 0 Å². The number of likely N-dealkylation sites (tertiary alicyclic amines) is 2. The van der Waals surface area contributed by atoms with Gasteiger partial charge in [0, 0.05) is 39.8 Å². The maximum atomic E-state index is 11.8. The van der Waals surface area contributed by atoms with Crippen LogP contribution >= 0.6 is 0 Å². The quantitative estimate of drug-likeness (QED) is 0.462. The monoisotopic (exact) mass is 321 g/mol. The fourth-order valence-corrected chi connectivity index (χ4v) is 3.12. The summed E-state index contributed by atoms with van der Waals surface area (Å²) >= 11 is 0. The second-order valence-electron chi connectivity index (χ2n) is 6.87. The summed E-state index contributed by atoms with van der Waals surface area (Å²) < 4.78 is 0. The molecule has 2 rings (SSSR count). The van der Waals surface area contributed by atoms with E-state index < -0.39 is 0 Å². The molecule has 0 saturated carbocycles. The second kappa shape index (κ2) is 8.34. The van der Waals surface area contributed by atoms with Gasteiger partial charge in [-0.25, -0.2) is 4.99 Å². The van der Waals surface area contributed by atoms with Crippen molar-refractivity contribution in [3.8, 4) is 0 Å². The number of guanidine groups is 1. The number of likely N-dealkylation sites (N-methyl/N-ethyl adjacent to an activating group) is 1. The van der Waals surface area contributed by atoms with E-state index >= 15 is 0 Å². The van der Waals surface area contributed by atoms with Crippen LogP contribution in [0.3, 0.4) is 0 Å². The summed E-state index contributed by atoms with van der Waals surface area (Å²) in [4.78, 5) is 22.8. The lowest BCUT2D eigenvalue weighted by atomic mass is 10.2. The van der Waals surface area contributed by atoms with Crippen LogP contribution in [-0.4, -0.2) is 86.0 Å². The van der Waals surface area contributed by atoms with E-state index in [0.717, 1.165) is 24.6 Å². The summed E-state index contributed by atoms with van der Waals surface area (Å²) in [5, 5.41) is 3.35. The van der Waals surface area contributed by atoms with Gasteiger partial charge in [0.15, 0.2) is 5.96 Å². The fraction of sp³-hybridized carbons (Fsp3) is 0.765. The van der Waals surface area contributed by atoms with Crippen molar-refractivity contribution >= 4 is 11.9 Å². The van der Waals surface area contributed by atoms with Gasteiger partial charge in [-0.1, -0.05) is 12.2 Å². The molecule has 2 aliphatic rings. The van der Waals surface area contributed by atoms with E-state index in [1.54, 1.807) is 19.0 Å². The molecule has 23 heavy (non-hydrogen) atoms. The van der Waals surface area contributed by atoms with E-state index in [1.807, 2.05) is 6.92 Å². The van der Waals surface area contributed by atoms with Gasteiger partial charge in [0.1, 0.15) is 6.54 Å². The molecular weight excluding hydrogens is 290 g/mol.